The normalized spacial score (nSPS) is 14.7. The summed E-state index contributed by atoms with van der Waals surface area (Å²) in [7, 11) is 5.45. The van der Waals surface area contributed by atoms with Gasteiger partial charge in [0.25, 0.3) is 5.91 Å². The van der Waals surface area contributed by atoms with Crippen molar-refractivity contribution in [2.24, 2.45) is 7.05 Å². The van der Waals surface area contributed by atoms with Gasteiger partial charge in [-0.05, 0) is 31.0 Å². The second kappa shape index (κ2) is 7.48. The molecule has 5 nitrogen and oxygen atoms in total. The molecule has 1 N–H and O–H groups in total. The number of carbonyl (C=O) groups excluding carboxylic acids is 1. The van der Waals surface area contributed by atoms with Crippen molar-refractivity contribution in [1.82, 2.24) is 14.7 Å². The molecule has 0 radical (unpaired) electrons. The van der Waals surface area contributed by atoms with Crippen LogP contribution in [0.25, 0.3) is 0 Å². The molecule has 0 unspecified atom stereocenters. The first-order chi connectivity index (χ1) is 12.0. The van der Waals surface area contributed by atoms with Crippen molar-refractivity contribution in [1.29, 1.82) is 0 Å². The topological polar surface area (TPSA) is 50.2 Å². The van der Waals surface area contributed by atoms with E-state index in [1.54, 1.807) is 31.1 Å². The van der Waals surface area contributed by atoms with Gasteiger partial charge in [-0.1, -0.05) is 24.4 Å². The maximum Gasteiger partial charge on any atom is 0.253 e. The van der Waals surface area contributed by atoms with Crippen LogP contribution in [0.1, 0.15) is 53.2 Å². The highest BCUT2D eigenvalue weighted by Gasteiger charge is 2.23. The van der Waals surface area contributed by atoms with Gasteiger partial charge in [0.2, 0.25) is 0 Å². The van der Waals surface area contributed by atoms with Crippen LogP contribution in [0, 0.1) is 0 Å². The lowest BCUT2D eigenvalue weighted by atomic mass is 10.0. The first kappa shape index (κ1) is 17.8. The number of carbonyl (C=O) groups is 1. The molecule has 1 aliphatic carbocycles. The van der Waals surface area contributed by atoms with Crippen LogP contribution >= 0.6 is 11.6 Å². The zero-order chi connectivity index (χ0) is 18.0. The number of anilines is 1. The number of aromatic nitrogens is 2. The second-order valence-electron chi connectivity index (χ2n) is 6.94. The average Bonchev–Trinajstić information content (AvgIpc) is 3.22. The zero-order valence-electron chi connectivity index (χ0n) is 15.1. The minimum absolute atomic E-state index is 0.0345. The van der Waals surface area contributed by atoms with Gasteiger partial charge in [0.05, 0.1) is 16.4 Å². The third kappa shape index (κ3) is 3.98. The first-order valence-electron chi connectivity index (χ1n) is 8.73. The zero-order valence-corrected chi connectivity index (χ0v) is 15.8. The summed E-state index contributed by atoms with van der Waals surface area (Å²) in [5, 5.41) is 8.68. The molecule has 0 bridgehead atoms. The molecule has 1 amide bonds. The highest BCUT2D eigenvalue weighted by atomic mass is 35.5. The summed E-state index contributed by atoms with van der Waals surface area (Å²) < 4.78 is 1.89. The van der Waals surface area contributed by atoms with E-state index in [4.69, 9.17) is 11.6 Å². The Hall–Kier alpha value is -2.01. The largest absolute Gasteiger partial charge is 0.380 e. The maximum atomic E-state index is 12.2. The molecule has 0 aliphatic heterocycles. The van der Waals surface area contributed by atoms with E-state index in [2.05, 4.69) is 16.6 Å². The van der Waals surface area contributed by atoms with Crippen molar-refractivity contribution in [3.05, 3.63) is 46.2 Å². The molecule has 1 aromatic heterocycles. The third-order valence-electron chi connectivity index (χ3n) is 4.77. The Morgan fingerprint density at radius 1 is 1.36 bits per heavy atom. The minimum Gasteiger partial charge on any atom is -0.380 e. The lowest BCUT2D eigenvalue weighted by Gasteiger charge is -2.14. The van der Waals surface area contributed by atoms with E-state index >= 15 is 0 Å². The molecular formula is C19H25ClN4O. The Labute approximate surface area is 154 Å². The Kier molecular flexibility index (Phi) is 5.33. The highest BCUT2D eigenvalue weighted by molar-refractivity contribution is 6.33. The summed E-state index contributed by atoms with van der Waals surface area (Å²) in [6.45, 7) is 0.652. The molecule has 134 valence electrons. The van der Waals surface area contributed by atoms with E-state index in [-0.39, 0.29) is 5.91 Å². The fourth-order valence-electron chi connectivity index (χ4n) is 3.48. The van der Waals surface area contributed by atoms with Crippen molar-refractivity contribution in [2.75, 3.05) is 19.4 Å². The molecule has 6 heteroatoms. The van der Waals surface area contributed by atoms with Crippen LogP contribution in [-0.2, 0) is 13.6 Å². The van der Waals surface area contributed by atoms with Gasteiger partial charge in [-0.25, -0.2) is 0 Å². The molecule has 1 fully saturated rings. The van der Waals surface area contributed by atoms with Gasteiger partial charge in [-0.15, -0.1) is 0 Å². The van der Waals surface area contributed by atoms with Gasteiger partial charge in [0.1, 0.15) is 0 Å². The molecule has 1 aliphatic rings. The van der Waals surface area contributed by atoms with Gasteiger partial charge >= 0.3 is 0 Å². The summed E-state index contributed by atoms with van der Waals surface area (Å²) in [5.41, 5.74) is 3.80. The Bertz CT molecular complexity index is 763. The van der Waals surface area contributed by atoms with Crippen molar-refractivity contribution in [3.8, 4) is 0 Å². The van der Waals surface area contributed by atoms with E-state index < -0.39 is 0 Å². The van der Waals surface area contributed by atoms with Crippen molar-refractivity contribution < 1.29 is 4.79 Å². The summed E-state index contributed by atoms with van der Waals surface area (Å²) in [5.74, 6) is 0.530. The van der Waals surface area contributed by atoms with Crippen LogP contribution < -0.4 is 5.32 Å². The number of hydrogen-bond acceptors (Lipinski definition) is 3. The van der Waals surface area contributed by atoms with E-state index in [1.807, 2.05) is 17.8 Å². The molecule has 2 aromatic rings. The molecule has 1 saturated carbocycles. The second-order valence-corrected chi connectivity index (χ2v) is 7.35. The quantitative estimate of drug-likeness (QED) is 0.875. The third-order valence-corrected chi connectivity index (χ3v) is 5.10. The van der Waals surface area contributed by atoms with E-state index in [0.29, 0.717) is 23.0 Å². The standard InChI is InChI=1S/C19H25ClN4O/c1-23(2)19(25)14-8-9-16(20)17(10-14)21-11-15-12-24(3)22-18(15)13-6-4-5-7-13/h8-10,12-13,21H,4-7,11H2,1-3H3. The Morgan fingerprint density at radius 2 is 2.08 bits per heavy atom. The lowest BCUT2D eigenvalue weighted by Crippen LogP contribution is -2.21. The number of nitrogens with zero attached hydrogens (tertiary/aromatic N) is 3. The molecule has 1 heterocycles. The predicted octanol–water partition coefficient (Wildman–Crippen LogP) is 4.05. The molecule has 25 heavy (non-hydrogen) atoms. The maximum absolute atomic E-state index is 12.2. The van der Waals surface area contributed by atoms with Crippen molar-refractivity contribution in [2.45, 2.75) is 38.1 Å². The number of hydrogen-bond donors (Lipinski definition) is 1. The van der Waals surface area contributed by atoms with Gasteiger partial charge in [0.15, 0.2) is 0 Å². The van der Waals surface area contributed by atoms with Gasteiger partial charge in [0, 0.05) is 50.9 Å². The Balaban J connectivity index is 1.78. The number of benzene rings is 1. The number of rotatable bonds is 5. The summed E-state index contributed by atoms with van der Waals surface area (Å²) in [4.78, 5) is 13.7. The van der Waals surface area contributed by atoms with Crippen LogP contribution in [0.3, 0.4) is 0 Å². The number of halogens is 1. The van der Waals surface area contributed by atoms with Crippen molar-refractivity contribution in [3.63, 3.8) is 0 Å². The smallest absolute Gasteiger partial charge is 0.253 e. The van der Waals surface area contributed by atoms with Crippen LogP contribution in [0.5, 0.6) is 0 Å². The minimum atomic E-state index is -0.0345. The van der Waals surface area contributed by atoms with Gasteiger partial charge < -0.3 is 10.2 Å². The summed E-state index contributed by atoms with van der Waals surface area (Å²) in [6, 6.07) is 5.34. The number of amides is 1. The van der Waals surface area contributed by atoms with E-state index in [9.17, 15) is 4.79 Å². The predicted molar refractivity (Wildman–Crippen MR) is 101 cm³/mol. The highest BCUT2D eigenvalue weighted by Crippen LogP contribution is 2.35. The first-order valence-corrected chi connectivity index (χ1v) is 9.11. The fraction of sp³-hybridized carbons (Fsp3) is 0.474. The van der Waals surface area contributed by atoms with Gasteiger partial charge in [-0.3, -0.25) is 9.48 Å². The lowest BCUT2D eigenvalue weighted by molar-refractivity contribution is 0.0827. The fourth-order valence-corrected chi connectivity index (χ4v) is 3.66. The average molecular weight is 361 g/mol. The van der Waals surface area contributed by atoms with E-state index in [1.165, 1.54) is 36.9 Å². The molecule has 0 saturated heterocycles. The molecule has 0 atom stereocenters. The van der Waals surface area contributed by atoms with Crippen LogP contribution in [0.4, 0.5) is 5.69 Å². The summed E-state index contributed by atoms with van der Waals surface area (Å²) >= 11 is 6.31. The number of aryl methyl sites for hydroxylation is 1. The molecule has 0 spiro atoms. The Morgan fingerprint density at radius 3 is 2.76 bits per heavy atom. The van der Waals surface area contributed by atoms with Crippen LogP contribution in [0.15, 0.2) is 24.4 Å². The van der Waals surface area contributed by atoms with Crippen LogP contribution in [-0.4, -0.2) is 34.7 Å². The molecule has 1 aromatic carbocycles. The number of nitrogens with one attached hydrogen (secondary N) is 1. The van der Waals surface area contributed by atoms with E-state index in [0.717, 1.165) is 5.69 Å². The van der Waals surface area contributed by atoms with Crippen molar-refractivity contribution >= 4 is 23.2 Å². The summed E-state index contributed by atoms with van der Waals surface area (Å²) in [6.07, 6.45) is 7.09. The van der Waals surface area contributed by atoms with Gasteiger partial charge in [-0.2, -0.15) is 5.10 Å². The van der Waals surface area contributed by atoms with Crippen LogP contribution in [0.2, 0.25) is 5.02 Å². The molecule has 3 rings (SSSR count). The SMILES string of the molecule is CN(C)C(=O)c1ccc(Cl)c(NCc2cn(C)nc2C2CCCC2)c1. The molecular weight excluding hydrogens is 336 g/mol. The monoisotopic (exact) mass is 360 g/mol.